The van der Waals surface area contributed by atoms with Crippen LogP contribution in [-0.2, 0) is 9.84 Å². The Morgan fingerprint density at radius 3 is 2.38 bits per heavy atom. The fourth-order valence-electron chi connectivity index (χ4n) is 1.71. The number of hydrogen-bond acceptors (Lipinski definition) is 3. The van der Waals surface area contributed by atoms with Crippen LogP contribution in [0.3, 0.4) is 0 Å². The number of halogens is 2. The summed E-state index contributed by atoms with van der Waals surface area (Å²) in [6.07, 6.45) is 0.625. The van der Waals surface area contributed by atoms with E-state index in [0.29, 0.717) is 13.0 Å². The van der Waals surface area contributed by atoms with Crippen LogP contribution >= 0.6 is 12.4 Å². The highest BCUT2D eigenvalue weighted by Crippen LogP contribution is 2.20. The minimum absolute atomic E-state index is 0. The zero-order chi connectivity index (χ0) is 10.9. The monoisotopic (exact) mass is 265 g/mol. The summed E-state index contributed by atoms with van der Waals surface area (Å²) in [5.41, 5.74) is 0. The summed E-state index contributed by atoms with van der Waals surface area (Å²) >= 11 is 0. The van der Waals surface area contributed by atoms with Gasteiger partial charge in [-0.15, -0.1) is 12.4 Å². The summed E-state index contributed by atoms with van der Waals surface area (Å²) in [6.45, 7) is 1.21. The average molecular weight is 266 g/mol. The largest absolute Gasteiger partial charge is 0.315 e. The van der Waals surface area contributed by atoms with Crippen molar-refractivity contribution < 1.29 is 12.8 Å². The lowest BCUT2D eigenvalue weighted by molar-refractivity contribution is 0.582. The molecule has 0 radical (unpaired) electrons. The molecular weight excluding hydrogens is 253 g/mol. The molecule has 1 N–H and O–H groups in total. The van der Waals surface area contributed by atoms with E-state index < -0.39 is 15.7 Å². The molecule has 90 valence electrons. The third-order valence-corrected chi connectivity index (χ3v) is 4.81. The van der Waals surface area contributed by atoms with Crippen LogP contribution in [0, 0.1) is 5.82 Å². The van der Waals surface area contributed by atoms with Crippen molar-refractivity contribution in [2.45, 2.75) is 16.6 Å². The van der Waals surface area contributed by atoms with Gasteiger partial charge in [0, 0.05) is 6.54 Å². The first-order valence-electron chi connectivity index (χ1n) is 4.81. The van der Waals surface area contributed by atoms with Gasteiger partial charge in [0.2, 0.25) is 0 Å². The predicted octanol–water partition coefficient (Wildman–Crippen LogP) is 1.38. The van der Waals surface area contributed by atoms with E-state index in [4.69, 9.17) is 0 Å². The maximum absolute atomic E-state index is 12.6. The number of nitrogens with one attached hydrogen (secondary N) is 1. The molecule has 3 nitrogen and oxygen atoms in total. The van der Waals surface area contributed by atoms with E-state index in [0.717, 1.165) is 6.54 Å². The van der Waals surface area contributed by atoms with Crippen LogP contribution in [0.2, 0.25) is 0 Å². The lowest BCUT2D eigenvalue weighted by Crippen LogP contribution is -2.23. The molecule has 2 rings (SSSR count). The van der Waals surface area contributed by atoms with Crippen LogP contribution in [-0.4, -0.2) is 26.8 Å². The van der Waals surface area contributed by atoms with Crippen molar-refractivity contribution in [2.24, 2.45) is 0 Å². The Bertz CT molecular complexity index is 440. The summed E-state index contributed by atoms with van der Waals surface area (Å²) in [5, 5.41) is 2.63. The first-order chi connectivity index (χ1) is 7.10. The summed E-state index contributed by atoms with van der Waals surface area (Å²) in [5.74, 6) is -0.418. The van der Waals surface area contributed by atoms with Crippen molar-refractivity contribution in [1.82, 2.24) is 5.32 Å². The Hall–Kier alpha value is -0.650. The van der Waals surface area contributed by atoms with Crippen molar-refractivity contribution in [3.05, 3.63) is 30.1 Å². The molecule has 1 fully saturated rings. The Balaban J connectivity index is 0.00000128. The van der Waals surface area contributed by atoms with Crippen molar-refractivity contribution in [1.29, 1.82) is 0 Å². The van der Waals surface area contributed by atoms with E-state index in [2.05, 4.69) is 5.32 Å². The Morgan fingerprint density at radius 2 is 1.88 bits per heavy atom. The van der Waals surface area contributed by atoms with E-state index >= 15 is 0 Å². The second-order valence-corrected chi connectivity index (χ2v) is 5.84. The van der Waals surface area contributed by atoms with Crippen molar-refractivity contribution in [3.63, 3.8) is 0 Å². The van der Waals surface area contributed by atoms with Crippen LogP contribution in [0.25, 0.3) is 0 Å². The highest BCUT2D eigenvalue weighted by molar-refractivity contribution is 7.92. The quantitative estimate of drug-likeness (QED) is 0.822. The predicted molar refractivity (Wildman–Crippen MR) is 62.1 cm³/mol. The maximum atomic E-state index is 12.6. The maximum Gasteiger partial charge on any atom is 0.182 e. The summed E-state index contributed by atoms with van der Waals surface area (Å²) < 4.78 is 36.6. The normalized spacial score (nSPS) is 20.4. The van der Waals surface area contributed by atoms with Crippen LogP contribution in [0.5, 0.6) is 0 Å². The molecule has 16 heavy (non-hydrogen) atoms. The van der Waals surface area contributed by atoms with E-state index in [1.807, 2.05) is 0 Å². The minimum Gasteiger partial charge on any atom is -0.315 e. The van der Waals surface area contributed by atoms with Crippen molar-refractivity contribution in [2.75, 3.05) is 13.1 Å². The zero-order valence-corrected chi connectivity index (χ0v) is 10.2. The fourth-order valence-corrected chi connectivity index (χ4v) is 3.38. The van der Waals surface area contributed by atoms with E-state index in [-0.39, 0.29) is 22.6 Å². The third-order valence-electron chi connectivity index (χ3n) is 2.60. The zero-order valence-electron chi connectivity index (χ0n) is 8.52. The molecule has 1 aromatic rings. The molecule has 0 unspecified atom stereocenters. The van der Waals surface area contributed by atoms with Gasteiger partial charge in [0.15, 0.2) is 9.84 Å². The summed E-state index contributed by atoms with van der Waals surface area (Å²) in [4.78, 5) is 0.206. The van der Waals surface area contributed by atoms with Gasteiger partial charge in [0.1, 0.15) is 5.82 Å². The van der Waals surface area contributed by atoms with E-state index in [1.165, 1.54) is 24.3 Å². The van der Waals surface area contributed by atoms with Gasteiger partial charge in [-0.25, -0.2) is 12.8 Å². The number of sulfone groups is 1. The molecule has 1 aliphatic heterocycles. The molecule has 0 aromatic heterocycles. The molecule has 1 heterocycles. The molecule has 1 aromatic carbocycles. The van der Waals surface area contributed by atoms with Crippen LogP contribution in [0.4, 0.5) is 4.39 Å². The smallest absolute Gasteiger partial charge is 0.182 e. The van der Waals surface area contributed by atoms with Gasteiger partial charge in [-0.3, -0.25) is 0 Å². The van der Waals surface area contributed by atoms with Gasteiger partial charge in [-0.1, -0.05) is 0 Å². The molecule has 1 aliphatic rings. The van der Waals surface area contributed by atoms with Crippen molar-refractivity contribution >= 4 is 22.2 Å². The molecule has 0 bridgehead atoms. The molecule has 0 spiro atoms. The molecule has 6 heteroatoms. The van der Waals surface area contributed by atoms with Gasteiger partial charge in [-0.2, -0.15) is 0 Å². The van der Waals surface area contributed by atoms with Gasteiger partial charge in [-0.05, 0) is 37.2 Å². The topological polar surface area (TPSA) is 46.2 Å². The second kappa shape index (κ2) is 5.12. The van der Waals surface area contributed by atoms with Gasteiger partial charge >= 0.3 is 0 Å². The number of rotatable bonds is 2. The second-order valence-electron chi connectivity index (χ2n) is 3.61. The fraction of sp³-hybridized carbons (Fsp3) is 0.400. The Morgan fingerprint density at radius 1 is 1.25 bits per heavy atom. The van der Waals surface area contributed by atoms with Gasteiger partial charge < -0.3 is 5.32 Å². The number of benzene rings is 1. The average Bonchev–Trinajstić information content (AvgIpc) is 2.71. The van der Waals surface area contributed by atoms with Gasteiger partial charge in [0.05, 0.1) is 10.1 Å². The first kappa shape index (κ1) is 13.4. The van der Waals surface area contributed by atoms with Crippen LogP contribution in [0.15, 0.2) is 29.2 Å². The van der Waals surface area contributed by atoms with E-state index in [1.54, 1.807) is 0 Å². The van der Waals surface area contributed by atoms with Crippen LogP contribution < -0.4 is 5.32 Å². The van der Waals surface area contributed by atoms with Crippen molar-refractivity contribution in [3.8, 4) is 0 Å². The summed E-state index contributed by atoms with van der Waals surface area (Å²) in [7, 11) is -3.28. The Kier molecular flexibility index (Phi) is 4.29. The lowest BCUT2D eigenvalue weighted by atomic mass is 10.3. The van der Waals surface area contributed by atoms with Crippen LogP contribution in [0.1, 0.15) is 6.42 Å². The first-order valence-corrected chi connectivity index (χ1v) is 6.35. The standard InChI is InChI=1S/C10H12FNO2S.ClH/c11-8-1-3-9(4-2-8)15(13,14)10-5-6-12-7-10;/h1-4,10,12H,5-7H2;1H/t10-;/m0./s1. The lowest BCUT2D eigenvalue weighted by Gasteiger charge is -2.09. The SMILES string of the molecule is Cl.O=S(=O)(c1ccc(F)cc1)[C@H]1CCNC1. The summed E-state index contributed by atoms with van der Waals surface area (Å²) in [6, 6.07) is 5.00. The van der Waals surface area contributed by atoms with Gasteiger partial charge in [0.25, 0.3) is 0 Å². The molecular formula is C10H13ClFNO2S. The molecule has 0 saturated carbocycles. The molecule has 0 aliphatic carbocycles. The highest BCUT2D eigenvalue weighted by Gasteiger charge is 2.29. The third kappa shape index (κ3) is 2.53. The molecule has 1 saturated heterocycles. The highest BCUT2D eigenvalue weighted by atomic mass is 35.5. The molecule has 0 amide bonds. The number of hydrogen-bond donors (Lipinski definition) is 1. The Labute approximate surface area is 100 Å². The van der Waals surface area contributed by atoms with E-state index in [9.17, 15) is 12.8 Å². The molecule has 1 atom stereocenters. The minimum atomic E-state index is -3.28.